The van der Waals surface area contributed by atoms with Crippen LogP contribution in [-0.2, 0) is 11.3 Å². The van der Waals surface area contributed by atoms with E-state index in [1.807, 2.05) is 0 Å². The van der Waals surface area contributed by atoms with Crippen molar-refractivity contribution >= 4 is 0 Å². The van der Waals surface area contributed by atoms with E-state index in [2.05, 4.69) is 18.1 Å². The second-order valence-electron chi connectivity index (χ2n) is 4.81. The Morgan fingerprint density at radius 3 is 3.17 bits per heavy atom. The van der Waals surface area contributed by atoms with Crippen LogP contribution >= 0.6 is 0 Å². The van der Waals surface area contributed by atoms with Crippen LogP contribution in [0.4, 0.5) is 0 Å². The monoisotopic (exact) mass is 249 g/mol. The predicted octanol–water partition coefficient (Wildman–Crippen LogP) is 1.65. The number of rotatable bonds is 4. The summed E-state index contributed by atoms with van der Waals surface area (Å²) in [4.78, 5) is 0. The van der Waals surface area contributed by atoms with Gasteiger partial charge >= 0.3 is 0 Å². The molecule has 1 fully saturated rings. The van der Waals surface area contributed by atoms with Crippen molar-refractivity contribution in [1.29, 1.82) is 5.26 Å². The smallest absolute Gasteiger partial charge is 0.116 e. The Balaban J connectivity index is 2.25. The summed E-state index contributed by atoms with van der Waals surface area (Å²) in [6.07, 6.45) is 3.26. The van der Waals surface area contributed by atoms with E-state index >= 15 is 0 Å². The van der Waals surface area contributed by atoms with Crippen molar-refractivity contribution in [2.24, 2.45) is 5.41 Å². The average Bonchev–Trinajstić information content (AvgIpc) is 2.87. The van der Waals surface area contributed by atoms with Crippen LogP contribution in [0.5, 0.6) is 0 Å². The van der Waals surface area contributed by atoms with Crippen LogP contribution in [0.1, 0.15) is 38.0 Å². The van der Waals surface area contributed by atoms with Gasteiger partial charge < -0.3 is 9.84 Å². The minimum atomic E-state index is -0.836. The molecule has 18 heavy (non-hydrogen) atoms. The SMILES string of the molecule is CCCn1nccc1C(O)C1(C#N)CCCOC1. The van der Waals surface area contributed by atoms with Crippen LogP contribution in [0.25, 0.3) is 0 Å². The first-order valence-corrected chi connectivity index (χ1v) is 6.42. The molecule has 0 aromatic carbocycles. The number of nitrogens with zero attached hydrogens (tertiary/aromatic N) is 3. The third kappa shape index (κ3) is 2.26. The summed E-state index contributed by atoms with van der Waals surface area (Å²) < 4.78 is 7.16. The van der Waals surface area contributed by atoms with Gasteiger partial charge in [0.05, 0.1) is 18.4 Å². The largest absolute Gasteiger partial charge is 0.385 e. The van der Waals surface area contributed by atoms with Gasteiger partial charge in [-0.05, 0) is 25.3 Å². The molecular weight excluding hydrogens is 230 g/mol. The maximum absolute atomic E-state index is 10.5. The van der Waals surface area contributed by atoms with Crippen molar-refractivity contribution in [3.63, 3.8) is 0 Å². The topological polar surface area (TPSA) is 71.1 Å². The summed E-state index contributed by atoms with van der Waals surface area (Å²) in [5, 5.41) is 24.1. The molecule has 0 saturated carbocycles. The molecule has 1 aliphatic heterocycles. The number of hydrogen-bond donors (Lipinski definition) is 1. The summed E-state index contributed by atoms with van der Waals surface area (Å²) >= 11 is 0. The number of ether oxygens (including phenoxy) is 1. The molecule has 2 rings (SSSR count). The highest BCUT2D eigenvalue weighted by molar-refractivity contribution is 5.16. The van der Waals surface area contributed by atoms with E-state index in [9.17, 15) is 10.4 Å². The minimum absolute atomic E-state index is 0.294. The highest BCUT2D eigenvalue weighted by atomic mass is 16.5. The van der Waals surface area contributed by atoms with Gasteiger partial charge in [0.1, 0.15) is 11.5 Å². The van der Waals surface area contributed by atoms with Crippen LogP contribution in [-0.4, -0.2) is 28.1 Å². The average molecular weight is 249 g/mol. The van der Waals surface area contributed by atoms with Crippen molar-refractivity contribution in [2.75, 3.05) is 13.2 Å². The second-order valence-corrected chi connectivity index (χ2v) is 4.81. The second kappa shape index (κ2) is 5.51. The summed E-state index contributed by atoms with van der Waals surface area (Å²) in [6.45, 7) is 3.77. The molecule has 2 unspecified atom stereocenters. The van der Waals surface area contributed by atoms with Gasteiger partial charge in [-0.3, -0.25) is 4.68 Å². The Morgan fingerprint density at radius 2 is 2.56 bits per heavy atom. The van der Waals surface area contributed by atoms with Gasteiger partial charge in [-0.1, -0.05) is 6.92 Å². The Labute approximate surface area is 107 Å². The van der Waals surface area contributed by atoms with E-state index in [1.54, 1.807) is 16.9 Å². The number of aliphatic hydroxyl groups excluding tert-OH is 1. The highest BCUT2D eigenvalue weighted by Gasteiger charge is 2.42. The van der Waals surface area contributed by atoms with Crippen LogP contribution in [0.3, 0.4) is 0 Å². The lowest BCUT2D eigenvalue weighted by molar-refractivity contribution is -0.0536. The lowest BCUT2D eigenvalue weighted by Crippen LogP contribution is -2.37. The molecule has 5 heteroatoms. The van der Waals surface area contributed by atoms with Crippen molar-refractivity contribution in [1.82, 2.24) is 9.78 Å². The lowest BCUT2D eigenvalue weighted by Gasteiger charge is -2.34. The molecule has 2 heterocycles. The molecule has 2 atom stereocenters. The predicted molar refractivity (Wildman–Crippen MR) is 65.6 cm³/mol. The molecule has 0 radical (unpaired) electrons. The number of hydrogen-bond acceptors (Lipinski definition) is 4. The molecule has 5 nitrogen and oxygen atoms in total. The van der Waals surface area contributed by atoms with Crippen molar-refractivity contribution in [3.05, 3.63) is 18.0 Å². The fourth-order valence-electron chi connectivity index (χ4n) is 2.44. The molecule has 0 amide bonds. The summed E-state index contributed by atoms with van der Waals surface area (Å²) in [5.74, 6) is 0. The normalized spacial score (nSPS) is 25.6. The molecule has 1 aromatic heterocycles. The fraction of sp³-hybridized carbons (Fsp3) is 0.692. The molecule has 98 valence electrons. The van der Waals surface area contributed by atoms with Gasteiger partial charge in [0.2, 0.25) is 0 Å². The van der Waals surface area contributed by atoms with Crippen LogP contribution in [0.15, 0.2) is 12.3 Å². The van der Waals surface area contributed by atoms with E-state index < -0.39 is 11.5 Å². The third-order valence-electron chi connectivity index (χ3n) is 3.48. The zero-order valence-electron chi connectivity index (χ0n) is 10.7. The Hall–Kier alpha value is -1.38. The van der Waals surface area contributed by atoms with Crippen molar-refractivity contribution < 1.29 is 9.84 Å². The number of aliphatic hydroxyl groups is 1. The van der Waals surface area contributed by atoms with Gasteiger partial charge in [-0.2, -0.15) is 10.4 Å². The van der Waals surface area contributed by atoms with E-state index in [0.29, 0.717) is 25.3 Å². The highest BCUT2D eigenvalue weighted by Crippen LogP contribution is 2.40. The first-order chi connectivity index (χ1) is 8.73. The minimum Gasteiger partial charge on any atom is -0.385 e. The van der Waals surface area contributed by atoms with E-state index in [0.717, 1.165) is 19.4 Å². The summed E-state index contributed by atoms with van der Waals surface area (Å²) in [7, 11) is 0. The maximum Gasteiger partial charge on any atom is 0.116 e. The molecule has 0 spiro atoms. The Morgan fingerprint density at radius 1 is 1.72 bits per heavy atom. The first kappa shape index (κ1) is 13.1. The molecule has 1 N–H and O–H groups in total. The Bertz CT molecular complexity index is 430. The first-order valence-electron chi connectivity index (χ1n) is 6.42. The quantitative estimate of drug-likeness (QED) is 0.880. The third-order valence-corrected chi connectivity index (χ3v) is 3.48. The molecule has 1 aromatic rings. The number of aryl methyl sites for hydroxylation is 1. The molecule has 0 bridgehead atoms. The summed E-state index contributed by atoms with van der Waals surface area (Å²) in [6, 6.07) is 4.04. The molecular formula is C13H19N3O2. The van der Waals surface area contributed by atoms with E-state index in [-0.39, 0.29) is 0 Å². The van der Waals surface area contributed by atoms with Crippen LogP contribution in [0, 0.1) is 16.7 Å². The van der Waals surface area contributed by atoms with Crippen molar-refractivity contribution in [2.45, 2.75) is 38.8 Å². The van der Waals surface area contributed by atoms with Gasteiger partial charge in [-0.25, -0.2) is 0 Å². The maximum atomic E-state index is 10.5. The molecule has 0 aliphatic carbocycles. The van der Waals surface area contributed by atoms with Gasteiger partial charge in [-0.15, -0.1) is 0 Å². The zero-order chi connectivity index (χ0) is 13.0. The Kier molecular flexibility index (Phi) is 4.00. The van der Waals surface area contributed by atoms with E-state index in [4.69, 9.17) is 4.74 Å². The number of nitriles is 1. The van der Waals surface area contributed by atoms with Gasteiger partial charge in [0, 0.05) is 19.3 Å². The van der Waals surface area contributed by atoms with Gasteiger partial charge in [0.25, 0.3) is 0 Å². The fourth-order valence-corrected chi connectivity index (χ4v) is 2.44. The molecule has 1 aliphatic rings. The summed E-state index contributed by atoms with van der Waals surface area (Å²) in [5.41, 5.74) is -0.118. The van der Waals surface area contributed by atoms with Gasteiger partial charge in [0.15, 0.2) is 0 Å². The van der Waals surface area contributed by atoms with E-state index in [1.165, 1.54) is 0 Å². The molecule has 1 saturated heterocycles. The van der Waals surface area contributed by atoms with Crippen molar-refractivity contribution in [3.8, 4) is 6.07 Å². The number of aromatic nitrogens is 2. The van der Waals surface area contributed by atoms with Crippen LogP contribution in [0.2, 0.25) is 0 Å². The standard InChI is InChI=1S/C13H19N3O2/c1-2-7-16-11(4-6-15-16)12(17)13(9-14)5-3-8-18-10-13/h4,6,12,17H,2-3,5,7-8,10H2,1H3. The van der Waals surface area contributed by atoms with Crippen LogP contribution < -0.4 is 0 Å². The zero-order valence-corrected chi connectivity index (χ0v) is 10.7. The lowest BCUT2D eigenvalue weighted by atomic mass is 9.77.